The average molecular weight is 239 g/mol. The largest absolute Gasteiger partial charge is 0.323 e. The van der Waals surface area contributed by atoms with E-state index in [2.05, 4.69) is 27.2 Å². The maximum absolute atomic E-state index is 5.77. The van der Waals surface area contributed by atoms with Crippen LogP contribution in [-0.4, -0.2) is 22.7 Å². The standard InChI is InChI=1S/C11H15ClN4/c1-3-5-9(8-13-4-2)15-11-14-7-6-10(12)16-11/h5-8H,3-4H2,1-2H3,(H,14,15,16)/b9-5+,13-8?. The Kier molecular flexibility index (Phi) is 5.50. The van der Waals surface area contributed by atoms with Crippen molar-refractivity contribution in [2.75, 3.05) is 11.9 Å². The molecule has 0 aliphatic carbocycles. The zero-order valence-electron chi connectivity index (χ0n) is 9.44. The topological polar surface area (TPSA) is 50.2 Å². The molecule has 0 fully saturated rings. The molecule has 0 radical (unpaired) electrons. The van der Waals surface area contributed by atoms with Gasteiger partial charge >= 0.3 is 0 Å². The summed E-state index contributed by atoms with van der Waals surface area (Å²) in [5.41, 5.74) is 0.881. The van der Waals surface area contributed by atoms with Gasteiger partial charge in [0.15, 0.2) is 0 Å². The highest BCUT2D eigenvalue weighted by Crippen LogP contribution is 2.07. The van der Waals surface area contributed by atoms with Crippen LogP contribution in [0, 0.1) is 0 Å². The smallest absolute Gasteiger partial charge is 0.228 e. The molecule has 0 aliphatic rings. The third kappa shape index (κ3) is 4.40. The predicted octanol–water partition coefficient (Wildman–Crippen LogP) is 2.93. The van der Waals surface area contributed by atoms with Crippen LogP contribution in [0.3, 0.4) is 0 Å². The van der Waals surface area contributed by atoms with Crippen molar-refractivity contribution >= 4 is 23.8 Å². The van der Waals surface area contributed by atoms with Crippen LogP contribution in [0.1, 0.15) is 20.3 Å². The first-order valence-electron chi connectivity index (χ1n) is 5.21. The van der Waals surface area contributed by atoms with Gasteiger partial charge in [-0.15, -0.1) is 0 Å². The van der Waals surface area contributed by atoms with Crippen LogP contribution in [0.4, 0.5) is 5.95 Å². The molecule has 0 amide bonds. The highest BCUT2D eigenvalue weighted by atomic mass is 35.5. The minimum atomic E-state index is 0.417. The molecule has 1 N–H and O–H groups in total. The molecular weight excluding hydrogens is 224 g/mol. The maximum atomic E-state index is 5.77. The second kappa shape index (κ2) is 6.95. The predicted molar refractivity (Wildman–Crippen MR) is 68.1 cm³/mol. The van der Waals surface area contributed by atoms with Gasteiger partial charge in [0.25, 0.3) is 0 Å². The Hall–Kier alpha value is -1.42. The SMILES string of the molecule is CC/C=C(\C=NCC)Nc1nccc(Cl)n1. The summed E-state index contributed by atoms with van der Waals surface area (Å²) in [6.45, 7) is 4.79. The summed E-state index contributed by atoms with van der Waals surface area (Å²) in [5.74, 6) is 0.481. The van der Waals surface area contributed by atoms with E-state index in [9.17, 15) is 0 Å². The highest BCUT2D eigenvalue weighted by molar-refractivity contribution is 6.29. The molecule has 4 nitrogen and oxygen atoms in total. The highest BCUT2D eigenvalue weighted by Gasteiger charge is 1.98. The van der Waals surface area contributed by atoms with Gasteiger partial charge in [-0.3, -0.25) is 4.99 Å². The summed E-state index contributed by atoms with van der Waals surface area (Å²) in [4.78, 5) is 12.3. The number of nitrogens with zero attached hydrogens (tertiary/aromatic N) is 3. The van der Waals surface area contributed by atoms with Crippen molar-refractivity contribution in [2.24, 2.45) is 4.99 Å². The second-order valence-corrected chi connectivity index (χ2v) is 3.41. The lowest BCUT2D eigenvalue weighted by Gasteiger charge is -2.04. The van der Waals surface area contributed by atoms with E-state index in [4.69, 9.17) is 11.6 Å². The third-order valence-electron chi connectivity index (χ3n) is 1.71. The van der Waals surface area contributed by atoms with Crippen molar-refractivity contribution in [1.82, 2.24) is 9.97 Å². The Morgan fingerprint density at radius 2 is 2.38 bits per heavy atom. The Morgan fingerprint density at radius 1 is 1.56 bits per heavy atom. The van der Waals surface area contributed by atoms with E-state index < -0.39 is 0 Å². The lowest BCUT2D eigenvalue weighted by Crippen LogP contribution is -2.04. The molecule has 5 heteroatoms. The summed E-state index contributed by atoms with van der Waals surface area (Å²) in [5, 5.41) is 3.48. The fourth-order valence-corrected chi connectivity index (χ4v) is 1.21. The second-order valence-electron chi connectivity index (χ2n) is 3.02. The van der Waals surface area contributed by atoms with Crippen molar-refractivity contribution < 1.29 is 0 Å². The van der Waals surface area contributed by atoms with E-state index in [1.807, 2.05) is 13.0 Å². The van der Waals surface area contributed by atoms with Crippen molar-refractivity contribution in [3.63, 3.8) is 0 Å². The molecule has 1 aromatic rings. The Morgan fingerprint density at radius 3 is 3.00 bits per heavy atom. The molecule has 0 aromatic carbocycles. The normalized spacial score (nSPS) is 12.1. The van der Waals surface area contributed by atoms with E-state index in [1.165, 1.54) is 0 Å². The van der Waals surface area contributed by atoms with Gasteiger partial charge in [0, 0.05) is 19.0 Å². The molecule has 0 saturated carbocycles. The summed E-state index contributed by atoms with van der Waals surface area (Å²) < 4.78 is 0. The van der Waals surface area contributed by atoms with Gasteiger partial charge in [0.05, 0.1) is 5.70 Å². The van der Waals surface area contributed by atoms with Crippen molar-refractivity contribution in [1.29, 1.82) is 0 Å². The van der Waals surface area contributed by atoms with Crippen LogP contribution in [-0.2, 0) is 0 Å². The lowest BCUT2D eigenvalue weighted by molar-refractivity contribution is 1.12. The minimum Gasteiger partial charge on any atom is -0.323 e. The van der Waals surface area contributed by atoms with Crippen LogP contribution >= 0.6 is 11.6 Å². The van der Waals surface area contributed by atoms with Gasteiger partial charge in [-0.2, -0.15) is 0 Å². The summed E-state index contributed by atoms with van der Waals surface area (Å²) in [6.07, 6.45) is 6.31. The monoisotopic (exact) mass is 238 g/mol. The van der Waals surface area contributed by atoms with Crippen LogP contribution in [0.2, 0.25) is 5.15 Å². The summed E-state index contributed by atoms with van der Waals surface area (Å²) in [7, 11) is 0. The number of anilines is 1. The van der Waals surface area contributed by atoms with E-state index >= 15 is 0 Å². The van der Waals surface area contributed by atoms with E-state index in [1.54, 1.807) is 18.5 Å². The van der Waals surface area contributed by atoms with Crippen LogP contribution < -0.4 is 5.32 Å². The zero-order valence-corrected chi connectivity index (χ0v) is 10.2. The molecule has 0 atom stereocenters. The maximum Gasteiger partial charge on any atom is 0.228 e. The van der Waals surface area contributed by atoms with Gasteiger partial charge in [-0.1, -0.05) is 24.6 Å². The van der Waals surface area contributed by atoms with Gasteiger partial charge in [-0.25, -0.2) is 9.97 Å². The van der Waals surface area contributed by atoms with E-state index in [0.29, 0.717) is 11.1 Å². The minimum absolute atomic E-state index is 0.417. The molecule has 16 heavy (non-hydrogen) atoms. The van der Waals surface area contributed by atoms with E-state index in [-0.39, 0.29) is 0 Å². The first-order chi connectivity index (χ1) is 7.76. The van der Waals surface area contributed by atoms with Crippen LogP contribution in [0.15, 0.2) is 29.0 Å². The van der Waals surface area contributed by atoms with Crippen molar-refractivity contribution in [3.8, 4) is 0 Å². The molecule has 0 aliphatic heterocycles. The first kappa shape index (κ1) is 12.6. The molecular formula is C11H15ClN4. The Labute approximate surface area is 100 Å². The van der Waals surface area contributed by atoms with Crippen LogP contribution in [0.25, 0.3) is 0 Å². The fraction of sp³-hybridized carbons (Fsp3) is 0.364. The molecule has 0 unspecified atom stereocenters. The number of halogens is 1. The number of hydrogen-bond donors (Lipinski definition) is 1. The van der Waals surface area contributed by atoms with Crippen molar-refractivity contribution in [3.05, 3.63) is 29.2 Å². The number of allylic oxidation sites excluding steroid dienone is 2. The molecule has 1 heterocycles. The first-order valence-corrected chi connectivity index (χ1v) is 5.59. The average Bonchev–Trinajstić information content (AvgIpc) is 2.26. The Balaban J connectivity index is 2.76. The van der Waals surface area contributed by atoms with Crippen LogP contribution in [0.5, 0.6) is 0 Å². The zero-order chi connectivity index (χ0) is 11.8. The number of nitrogens with one attached hydrogen (secondary N) is 1. The quantitative estimate of drug-likeness (QED) is 0.634. The van der Waals surface area contributed by atoms with E-state index in [0.717, 1.165) is 18.7 Å². The number of hydrogen-bond acceptors (Lipinski definition) is 4. The molecule has 0 saturated heterocycles. The summed E-state index contributed by atoms with van der Waals surface area (Å²) >= 11 is 5.77. The number of aliphatic imine (C=N–C) groups is 1. The lowest BCUT2D eigenvalue weighted by atomic mass is 10.3. The fourth-order valence-electron chi connectivity index (χ4n) is 1.07. The van der Waals surface area contributed by atoms with Crippen molar-refractivity contribution in [2.45, 2.75) is 20.3 Å². The van der Waals surface area contributed by atoms with Gasteiger partial charge < -0.3 is 5.32 Å². The van der Waals surface area contributed by atoms with Gasteiger partial charge in [0.1, 0.15) is 5.15 Å². The molecule has 86 valence electrons. The van der Waals surface area contributed by atoms with Gasteiger partial charge in [-0.05, 0) is 19.4 Å². The summed E-state index contributed by atoms with van der Waals surface area (Å²) in [6, 6.07) is 1.63. The molecule has 0 spiro atoms. The molecule has 1 aromatic heterocycles. The molecule has 1 rings (SSSR count). The number of aromatic nitrogens is 2. The third-order valence-corrected chi connectivity index (χ3v) is 1.93. The molecule has 0 bridgehead atoms. The Bertz CT molecular complexity index is 387. The number of rotatable bonds is 5. The van der Waals surface area contributed by atoms with Gasteiger partial charge in [0.2, 0.25) is 5.95 Å².